The Morgan fingerprint density at radius 2 is 1.50 bits per heavy atom. The molecule has 0 N–H and O–H groups in total. The van der Waals surface area contributed by atoms with Gasteiger partial charge in [0.25, 0.3) is 0 Å². The van der Waals surface area contributed by atoms with Gasteiger partial charge in [-0.05, 0) is 33.5 Å². The van der Waals surface area contributed by atoms with E-state index < -0.39 is 0 Å². The predicted octanol–water partition coefficient (Wildman–Crippen LogP) is 3.40. The van der Waals surface area contributed by atoms with Crippen LogP contribution in [0.4, 0.5) is 0 Å². The summed E-state index contributed by atoms with van der Waals surface area (Å²) in [7, 11) is 4.25. The van der Waals surface area contributed by atoms with Crippen molar-refractivity contribution in [2.75, 3.05) is 27.2 Å². The zero-order chi connectivity index (χ0) is 13.6. The molecule has 0 fully saturated rings. The largest absolute Gasteiger partial charge is 0.463 e. The second-order valence-electron chi connectivity index (χ2n) is 5.00. The number of hydrogen-bond acceptors (Lipinski definition) is 3. The molecule has 0 atom stereocenters. The van der Waals surface area contributed by atoms with Crippen LogP contribution in [0.1, 0.15) is 51.4 Å². The third kappa shape index (κ3) is 13.2. The van der Waals surface area contributed by atoms with Gasteiger partial charge in [0.1, 0.15) is 0 Å². The van der Waals surface area contributed by atoms with Gasteiger partial charge in [-0.2, -0.15) is 0 Å². The van der Waals surface area contributed by atoms with Crippen LogP contribution in [0.2, 0.25) is 0 Å². The quantitative estimate of drug-likeness (QED) is 0.304. The van der Waals surface area contributed by atoms with Gasteiger partial charge in [0.15, 0.2) is 0 Å². The summed E-state index contributed by atoms with van der Waals surface area (Å²) in [5.41, 5.74) is 0. The fourth-order valence-corrected chi connectivity index (χ4v) is 1.82. The van der Waals surface area contributed by atoms with Crippen molar-refractivity contribution in [2.24, 2.45) is 0 Å². The van der Waals surface area contributed by atoms with Crippen LogP contribution < -0.4 is 0 Å². The molecule has 3 nitrogen and oxygen atoms in total. The summed E-state index contributed by atoms with van der Waals surface area (Å²) in [6.07, 6.45) is 11.2. The maximum atomic E-state index is 10.8. The monoisotopic (exact) mass is 255 g/mol. The van der Waals surface area contributed by atoms with E-state index in [0.29, 0.717) is 6.61 Å². The molecule has 3 heteroatoms. The van der Waals surface area contributed by atoms with E-state index in [-0.39, 0.29) is 5.97 Å². The first-order valence-corrected chi connectivity index (χ1v) is 7.10. The van der Waals surface area contributed by atoms with Crippen molar-refractivity contribution >= 4 is 5.97 Å². The molecule has 0 aromatic carbocycles. The highest BCUT2D eigenvalue weighted by molar-refractivity contribution is 5.81. The van der Waals surface area contributed by atoms with Crippen LogP contribution in [0, 0.1) is 0 Å². The SMILES string of the molecule is C=CC(=O)OCCCCCCCCCCN(C)C. The molecule has 106 valence electrons. The fourth-order valence-electron chi connectivity index (χ4n) is 1.82. The Labute approximate surface area is 112 Å². The first-order chi connectivity index (χ1) is 8.66. The van der Waals surface area contributed by atoms with E-state index in [1.807, 2.05) is 0 Å². The van der Waals surface area contributed by atoms with Crippen molar-refractivity contribution in [1.82, 2.24) is 4.90 Å². The number of hydrogen-bond donors (Lipinski definition) is 0. The van der Waals surface area contributed by atoms with Gasteiger partial charge >= 0.3 is 5.97 Å². The average Bonchev–Trinajstić information content (AvgIpc) is 2.35. The molecule has 0 saturated carbocycles. The van der Waals surface area contributed by atoms with Crippen LogP contribution in [0.5, 0.6) is 0 Å². The molecule has 0 aliphatic carbocycles. The minimum absolute atomic E-state index is 0.309. The standard InChI is InChI=1S/C15H29NO2/c1-4-15(17)18-14-12-10-8-6-5-7-9-11-13-16(2)3/h4H,1,5-14H2,2-3H3. The maximum Gasteiger partial charge on any atom is 0.330 e. The Bertz CT molecular complexity index is 215. The van der Waals surface area contributed by atoms with Gasteiger partial charge in [0.2, 0.25) is 0 Å². The topological polar surface area (TPSA) is 29.5 Å². The first-order valence-electron chi connectivity index (χ1n) is 7.10. The molecule has 0 unspecified atom stereocenters. The molecule has 0 aliphatic heterocycles. The summed E-state index contributed by atoms with van der Waals surface area (Å²) in [6.45, 7) is 5.10. The van der Waals surface area contributed by atoms with Crippen molar-refractivity contribution in [2.45, 2.75) is 51.4 Å². The zero-order valence-electron chi connectivity index (χ0n) is 12.1. The number of carbonyl (C=O) groups is 1. The Hall–Kier alpha value is -0.830. The number of unbranched alkanes of at least 4 members (excludes halogenated alkanes) is 7. The molecule has 0 aromatic heterocycles. The summed E-state index contributed by atoms with van der Waals surface area (Å²) in [6, 6.07) is 0. The lowest BCUT2D eigenvalue weighted by Gasteiger charge is -2.08. The van der Waals surface area contributed by atoms with Gasteiger partial charge in [-0.25, -0.2) is 4.79 Å². The number of rotatable bonds is 12. The highest BCUT2D eigenvalue weighted by atomic mass is 16.5. The summed E-state index contributed by atoms with van der Waals surface area (Å²) in [4.78, 5) is 13.0. The second kappa shape index (κ2) is 12.6. The van der Waals surface area contributed by atoms with Crippen molar-refractivity contribution in [1.29, 1.82) is 0 Å². The van der Waals surface area contributed by atoms with Gasteiger partial charge < -0.3 is 9.64 Å². The van der Waals surface area contributed by atoms with Gasteiger partial charge in [-0.3, -0.25) is 0 Å². The van der Waals surface area contributed by atoms with E-state index in [1.165, 1.54) is 51.1 Å². The highest BCUT2D eigenvalue weighted by Gasteiger charge is 1.96. The van der Waals surface area contributed by atoms with Crippen LogP contribution in [-0.4, -0.2) is 38.1 Å². The summed E-state index contributed by atoms with van der Waals surface area (Å²) in [5, 5.41) is 0. The molecule has 18 heavy (non-hydrogen) atoms. The molecule has 0 aromatic rings. The van der Waals surface area contributed by atoms with Gasteiger partial charge in [-0.1, -0.05) is 45.1 Å². The van der Waals surface area contributed by atoms with Gasteiger partial charge in [-0.15, -0.1) is 0 Å². The van der Waals surface area contributed by atoms with E-state index in [1.54, 1.807) is 0 Å². The first kappa shape index (κ1) is 17.2. The lowest BCUT2D eigenvalue weighted by molar-refractivity contribution is -0.137. The van der Waals surface area contributed by atoms with Crippen LogP contribution in [0.15, 0.2) is 12.7 Å². The van der Waals surface area contributed by atoms with Crippen LogP contribution >= 0.6 is 0 Å². The van der Waals surface area contributed by atoms with Gasteiger partial charge in [0.05, 0.1) is 6.61 Å². The molecule has 0 radical (unpaired) electrons. The minimum atomic E-state index is -0.309. The lowest BCUT2D eigenvalue weighted by atomic mass is 10.1. The molecule has 0 heterocycles. The Balaban J connectivity index is 3.03. The summed E-state index contributed by atoms with van der Waals surface area (Å²) < 4.78 is 4.91. The highest BCUT2D eigenvalue weighted by Crippen LogP contribution is 2.08. The van der Waals surface area contributed by atoms with Crippen LogP contribution in [0.3, 0.4) is 0 Å². The molecule has 0 saturated heterocycles. The van der Waals surface area contributed by atoms with Crippen molar-refractivity contribution in [3.05, 3.63) is 12.7 Å². The van der Waals surface area contributed by atoms with Gasteiger partial charge in [0, 0.05) is 6.08 Å². The maximum absolute atomic E-state index is 10.8. The zero-order valence-corrected chi connectivity index (χ0v) is 12.1. The predicted molar refractivity (Wildman–Crippen MR) is 76.6 cm³/mol. The number of ether oxygens (including phenoxy) is 1. The van der Waals surface area contributed by atoms with E-state index in [4.69, 9.17) is 4.74 Å². The summed E-state index contributed by atoms with van der Waals surface area (Å²) >= 11 is 0. The average molecular weight is 255 g/mol. The molecule has 0 spiro atoms. The smallest absolute Gasteiger partial charge is 0.330 e. The molecular weight excluding hydrogens is 226 g/mol. The summed E-state index contributed by atoms with van der Waals surface area (Å²) in [5.74, 6) is -0.309. The van der Waals surface area contributed by atoms with Crippen molar-refractivity contribution in [3.63, 3.8) is 0 Å². The third-order valence-electron chi connectivity index (χ3n) is 2.91. The Morgan fingerprint density at radius 1 is 1.00 bits per heavy atom. The normalized spacial score (nSPS) is 10.6. The van der Waals surface area contributed by atoms with Crippen molar-refractivity contribution < 1.29 is 9.53 Å². The number of nitrogens with zero attached hydrogens (tertiary/aromatic N) is 1. The third-order valence-corrected chi connectivity index (χ3v) is 2.91. The van der Waals surface area contributed by atoms with Crippen LogP contribution in [-0.2, 0) is 9.53 Å². The minimum Gasteiger partial charge on any atom is -0.463 e. The Morgan fingerprint density at radius 3 is 2.00 bits per heavy atom. The molecule has 0 rings (SSSR count). The molecule has 0 amide bonds. The van der Waals surface area contributed by atoms with Crippen molar-refractivity contribution in [3.8, 4) is 0 Å². The second-order valence-corrected chi connectivity index (χ2v) is 5.00. The number of esters is 1. The van der Waals surface area contributed by atoms with E-state index in [9.17, 15) is 4.79 Å². The molecule has 0 bridgehead atoms. The van der Waals surface area contributed by atoms with E-state index >= 15 is 0 Å². The van der Waals surface area contributed by atoms with E-state index in [2.05, 4.69) is 25.6 Å². The number of carbonyl (C=O) groups excluding carboxylic acids is 1. The molecular formula is C15H29NO2. The lowest BCUT2D eigenvalue weighted by Crippen LogP contribution is -2.12. The Kier molecular flexibility index (Phi) is 12.0. The van der Waals surface area contributed by atoms with Crippen LogP contribution in [0.25, 0.3) is 0 Å². The fraction of sp³-hybridized carbons (Fsp3) is 0.800. The molecule has 0 aliphatic rings. The van der Waals surface area contributed by atoms with E-state index in [0.717, 1.165) is 12.8 Å².